The molecule has 0 aliphatic carbocycles. The van der Waals surface area contributed by atoms with Crippen molar-refractivity contribution in [1.29, 1.82) is 0 Å². The predicted octanol–water partition coefficient (Wildman–Crippen LogP) is 4.32. The molecule has 0 aliphatic rings. The van der Waals surface area contributed by atoms with Crippen LogP contribution in [0.1, 0.15) is 25.8 Å². The SMILES string of the molecule is CCCN(Cc1ccccc1)C(=O)C(C)SCC(=O)Nc1ccc(F)cc1. The Morgan fingerprint density at radius 3 is 2.41 bits per heavy atom. The van der Waals surface area contributed by atoms with Crippen molar-refractivity contribution in [3.8, 4) is 0 Å². The number of nitrogens with one attached hydrogen (secondary N) is 1. The van der Waals surface area contributed by atoms with Gasteiger partial charge < -0.3 is 10.2 Å². The van der Waals surface area contributed by atoms with Crippen LogP contribution in [0.15, 0.2) is 54.6 Å². The molecule has 2 rings (SSSR count). The highest BCUT2D eigenvalue weighted by atomic mass is 32.2. The summed E-state index contributed by atoms with van der Waals surface area (Å²) < 4.78 is 12.9. The summed E-state index contributed by atoms with van der Waals surface area (Å²) in [6.07, 6.45) is 0.876. The maximum absolute atomic E-state index is 12.9. The van der Waals surface area contributed by atoms with E-state index >= 15 is 0 Å². The van der Waals surface area contributed by atoms with E-state index in [4.69, 9.17) is 0 Å². The standard InChI is InChI=1S/C21H25FN2O2S/c1-3-13-24(14-17-7-5-4-6-8-17)21(26)16(2)27-15-20(25)23-19-11-9-18(22)10-12-19/h4-12,16H,3,13-15H2,1-2H3,(H,23,25). The molecule has 0 fully saturated rings. The number of anilines is 1. The lowest BCUT2D eigenvalue weighted by Crippen LogP contribution is -2.37. The molecule has 2 aromatic carbocycles. The molecule has 144 valence electrons. The van der Waals surface area contributed by atoms with E-state index in [1.54, 1.807) is 0 Å². The molecule has 0 saturated carbocycles. The highest BCUT2D eigenvalue weighted by Crippen LogP contribution is 2.17. The van der Waals surface area contributed by atoms with Gasteiger partial charge in [0.15, 0.2) is 0 Å². The van der Waals surface area contributed by atoms with Crippen molar-refractivity contribution < 1.29 is 14.0 Å². The van der Waals surface area contributed by atoms with E-state index in [-0.39, 0.29) is 28.6 Å². The fourth-order valence-electron chi connectivity index (χ4n) is 2.60. The first-order chi connectivity index (χ1) is 13.0. The third-order valence-corrected chi connectivity index (χ3v) is 5.09. The Morgan fingerprint density at radius 1 is 1.11 bits per heavy atom. The smallest absolute Gasteiger partial charge is 0.235 e. The minimum absolute atomic E-state index is 0.0280. The topological polar surface area (TPSA) is 49.4 Å². The van der Waals surface area contributed by atoms with Crippen molar-refractivity contribution >= 4 is 29.3 Å². The third-order valence-electron chi connectivity index (χ3n) is 3.96. The van der Waals surface area contributed by atoms with Crippen LogP contribution in [0, 0.1) is 5.82 Å². The fraction of sp³-hybridized carbons (Fsp3) is 0.333. The molecule has 0 bridgehead atoms. The van der Waals surface area contributed by atoms with Crippen molar-refractivity contribution in [3.05, 3.63) is 66.0 Å². The lowest BCUT2D eigenvalue weighted by Gasteiger charge is -2.25. The highest BCUT2D eigenvalue weighted by molar-refractivity contribution is 8.01. The van der Waals surface area contributed by atoms with Crippen LogP contribution in [-0.4, -0.2) is 34.3 Å². The first kappa shape index (κ1) is 21.0. The zero-order valence-corrected chi connectivity index (χ0v) is 16.5. The largest absolute Gasteiger partial charge is 0.337 e. The van der Waals surface area contributed by atoms with Crippen molar-refractivity contribution in [2.75, 3.05) is 17.6 Å². The summed E-state index contributed by atoms with van der Waals surface area (Å²) in [5.41, 5.74) is 1.63. The molecule has 4 nitrogen and oxygen atoms in total. The van der Waals surface area contributed by atoms with E-state index in [1.165, 1.54) is 36.0 Å². The van der Waals surface area contributed by atoms with Crippen molar-refractivity contribution in [3.63, 3.8) is 0 Å². The average molecular weight is 389 g/mol. The molecule has 0 saturated heterocycles. The van der Waals surface area contributed by atoms with Gasteiger partial charge in [0.1, 0.15) is 5.82 Å². The quantitative estimate of drug-likeness (QED) is 0.696. The lowest BCUT2D eigenvalue weighted by molar-refractivity contribution is -0.131. The van der Waals surface area contributed by atoms with E-state index in [0.717, 1.165) is 12.0 Å². The van der Waals surface area contributed by atoms with Crippen LogP contribution in [0.25, 0.3) is 0 Å². The second-order valence-electron chi connectivity index (χ2n) is 6.25. The minimum atomic E-state index is -0.351. The first-order valence-electron chi connectivity index (χ1n) is 8.99. The fourth-order valence-corrected chi connectivity index (χ4v) is 3.37. The van der Waals surface area contributed by atoms with Crippen LogP contribution in [0.5, 0.6) is 0 Å². The Hall–Kier alpha value is -2.34. The van der Waals surface area contributed by atoms with Crippen LogP contribution >= 0.6 is 11.8 Å². The molecule has 0 aromatic heterocycles. The van der Waals surface area contributed by atoms with Crippen LogP contribution in [-0.2, 0) is 16.1 Å². The molecule has 2 aromatic rings. The van der Waals surface area contributed by atoms with Crippen molar-refractivity contribution in [1.82, 2.24) is 4.90 Å². The molecule has 0 spiro atoms. The molecule has 1 atom stereocenters. The van der Waals surface area contributed by atoms with Crippen LogP contribution in [0.4, 0.5) is 10.1 Å². The van der Waals surface area contributed by atoms with Crippen LogP contribution < -0.4 is 5.32 Å². The second kappa shape index (κ2) is 10.7. The molecular weight excluding hydrogens is 363 g/mol. The number of halogens is 1. The molecule has 1 N–H and O–H groups in total. The molecule has 0 radical (unpaired) electrons. The molecule has 27 heavy (non-hydrogen) atoms. The summed E-state index contributed by atoms with van der Waals surface area (Å²) in [5.74, 6) is -0.372. The van der Waals surface area contributed by atoms with Gasteiger partial charge in [-0.2, -0.15) is 0 Å². The van der Waals surface area contributed by atoms with Gasteiger partial charge in [0.2, 0.25) is 11.8 Å². The summed E-state index contributed by atoms with van der Waals surface area (Å²) in [6, 6.07) is 15.5. The Balaban J connectivity index is 1.86. The van der Waals surface area contributed by atoms with Crippen molar-refractivity contribution in [2.24, 2.45) is 0 Å². The molecule has 1 unspecified atom stereocenters. The zero-order valence-electron chi connectivity index (χ0n) is 15.7. The Morgan fingerprint density at radius 2 is 1.78 bits per heavy atom. The van der Waals surface area contributed by atoms with Gasteiger partial charge in [0, 0.05) is 18.8 Å². The number of benzene rings is 2. The monoisotopic (exact) mass is 388 g/mol. The second-order valence-corrected chi connectivity index (χ2v) is 7.58. The van der Waals surface area contributed by atoms with Crippen molar-refractivity contribution in [2.45, 2.75) is 32.1 Å². The molecular formula is C21H25FN2O2S. The number of nitrogens with zero attached hydrogens (tertiary/aromatic N) is 1. The number of hydrogen-bond donors (Lipinski definition) is 1. The van der Waals surface area contributed by atoms with Gasteiger partial charge in [-0.3, -0.25) is 9.59 Å². The summed E-state index contributed by atoms with van der Waals surface area (Å²) in [6.45, 7) is 5.12. The van der Waals surface area contributed by atoms with Gasteiger partial charge in [0.05, 0.1) is 11.0 Å². The maximum atomic E-state index is 12.9. The van der Waals surface area contributed by atoms with E-state index in [0.29, 0.717) is 18.8 Å². The maximum Gasteiger partial charge on any atom is 0.235 e. The molecule has 6 heteroatoms. The normalized spacial score (nSPS) is 11.7. The summed E-state index contributed by atoms with van der Waals surface area (Å²) in [7, 11) is 0. The molecule has 0 aliphatic heterocycles. The Kier molecular flexibility index (Phi) is 8.33. The predicted molar refractivity (Wildman–Crippen MR) is 109 cm³/mol. The zero-order chi connectivity index (χ0) is 19.6. The van der Waals surface area contributed by atoms with Crippen LogP contribution in [0.3, 0.4) is 0 Å². The number of rotatable bonds is 9. The Labute approximate surface area is 164 Å². The third kappa shape index (κ3) is 7.06. The molecule has 2 amide bonds. The van der Waals surface area contributed by atoms with Gasteiger partial charge in [-0.15, -0.1) is 11.8 Å². The van der Waals surface area contributed by atoms with E-state index < -0.39 is 0 Å². The number of carbonyl (C=O) groups is 2. The van der Waals surface area contributed by atoms with Gasteiger partial charge in [-0.1, -0.05) is 37.3 Å². The summed E-state index contributed by atoms with van der Waals surface area (Å²) in [5, 5.41) is 2.39. The Bertz CT molecular complexity index is 738. The number of hydrogen-bond acceptors (Lipinski definition) is 3. The van der Waals surface area contributed by atoms with Crippen LogP contribution in [0.2, 0.25) is 0 Å². The van der Waals surface area contributed by atoms with Gasteiger partial charge in [0.25, 0.3) is 0 Å². The first-order valence-corrected chi connectivity index (χ1v) is 10.0. The van der Waals surface area contributed by atoms with Gasteiger partial charge in [-0.05, 0) is 43.2 Å². The summed E-state index contributed by atoms with van der Waals surface area (Å²) in [4.78, 5) is 26.7. The number of amides is 2. The average Bonchev–Trinajstić information content (AvgIpc) is 2.68. The van der Waals surface area contributed by atoms with E-state index in [2.05, 4.69) is 5.32 Å². The number of carbonyl (C=O) groups excluding carboxylic acids is 2. The van der Waals surface area contributed by atoms with E-state index in [9.17, 15) is 14.0 Å². The number of thioether (sulfide) groups is 1. The lowest BCUT2D eigenvalue weighted by atomic mass is 10.2. The van der Waals surface area contributed by atoms with Gasteiger partial charge >= 0.3 is 0 Å². The van der Waals surface area contributed by atoms with E-state index in [1.807, 2.05) is 49.1 Å². The highest BCUT2D eigenvalue weighted by Gasteiger charge is 2.21. The van der Waals surface area contributed by atoms with Gasteiger partial charge in [-0.25, -0.2) is 4.39 Å². The molecule has 0 heterocycles. The minimum Gasteiger partial charge on any atom is -0.337 e. The summed E-state index contributed by atoms with van der Waals surface area (Å²) >= 11 is 1.30.